The molecule has 1 saturated heterocycles. The van der Waals surface area contributed by atoms with Gasteiger partial charge in [0, 0.05) is 45.4 Å². The van der Waals surface area contributed by atoms with Crippen LogP contribution < -0.4 is 0 Å². The van der Waals surface area contributed by atoms with Crippen LogP contribution in [0.2, 0.25) is 0 Å². The van der Waals surface area contributed by atoms with E-state index < -0.39 is 0 Å². The van der Waals surface area contributed by atoms with Crippen molar-refractivity contribution in [2.24, 2.45) is 0 Å². The minimum atomic E-state index is -0.312. The van der Waals surface area contributed by atoms with Gasteiger partial charge >= 0.3 is 0 Å². The molecule has 0 aromatic heterocycles. The first-order valence-electron chi connectivity index (χ1n) is 9.40. The quantitative estimate of drug-likeness (QED) is 0.720. The number of nitrogens with zero attached hydrogens (tertiary/aromatic N) is 2. The molecule has 1 fully saturated rings. The molecule has 0 radical (unpaired) electrons. The maximum atomic E-state index is 12.9. The predicted octanol–water partition coefficient (Wildman–Crippen LogP) is 1.56. The smallest absolute Gasteiger partial charge is 0.254 e. The first-order valence-corrected chi connectivity index (χ1v) is 9.40. The van der Waals surface area contributed by atoms with Crippen molar-refractivity contribution < 1.29 is 19.4 Å². The Morgan fingerprint density at radius 3 is 2.81 bits per heavy atom. The van der Waals surface area contributed by atoms with Crippen molar-refractivity contribution in [2.75, 3.05) is 53.0 Å². The maximum absolute atomic E-state index is 12.9. The second-order valence-corrected chi connectivity index (χ2v) is 6.92. The van der Waals surface area contributed by atoms with Gasteiger partial charge in [-0.2, -0.15) is 0 Å². The molecule has 2 atom stereocenters. The highest BCUT2D eigenvalue weighted by Crippen LogP contribution is 2.12. The van der Waals surface area contributed by atoms with Crippen LogP contribution in [0.5, 0.6) is 0 Å². The van der Waals surface area contributed by atoms with Crippen LogP contribution in [0.3, 0.4) is 0 Å². The Labute approximate surface area is 156 Å². The van der Waals surface area contributed by atoms with Crippen LogP contribution in [0.15, 0.2) is 24.3 Å². The second kappa shape index (κ2) is 10.6. The van der Waals surface area contributed by atoms with E-state index in [9.17, 15) is 9.90 Å². The summed E-state index contributed by atoms with van der Waals surface area (Å²) >= 11 is 0. The monoisotopic (exact) mass is 364 g/mol. The molecule has 1 aromatic rings. The Hall–Kier alpha value is -1.47. The van der Waals surface area contributed by atoms with E-state index in [1.165, 1.54) is 0 Å². The first-order chi connectivity index (χ1) is 12.5. The van der Waals surface area contributed by atoms with Crippen molar-refractivity contribution in [1.29, 1.82) is 0 Å². The van der Waals surface area contributed by atoms with Gasteiger partial charge in [0.2, 0.25) is 0 Å². The third-order valence-electron chi connectivity index (χ3n) is 4.74. The van der Waals surface area contributed by atoms with Gasteiger partial charge in [-0.25, -0.2) is 0 Å². The van der Waals surface area contributed by atoms with Crippen LogP contribution in [0.25, 0.3) is 0 Å². The molecule has 1 aliphatic heterocycles. The fourth-order valence-corrected chi connectivity index (χ4v) is 3.09. The standard InChI is InChI=1S/C20H32N2O4/c1-4-18(23)13-21-9-12-26-19(14-21)15-22(10-11-25-3)20(24)17-7-5-16(2)6-8-17/h5-8,18-19,23H,4,9-15H2,1-3H3/t18-,19+/m0/s1. The molecular formula is C20H32N2O4. The lowest BCUT2D eigenvalue weighted by molar-refractivity contribution is -0.0517. The Balaban J connectivity index is 1.99. The lowest BCUT2D eigenvalue weighted by atomic mass is 10.1. The van der Waals surface area contributed by atoms with Gasteiger partial charge in [-0.05, 0) is 25.5 Å². The molecule has 2 rings (SSSR count). The molecule has 6 heteroatoms. The van der Waals surface area contributed by atoms with Crippen LogP contribution in [-0.4, -0.2) is 86.1 Å². The van der Waals surface area contributed by atoms with Crippen molar-refractivity contribution in [3.8, 4) is 0 Å². The number of morpholine rings is 1. The van der Waals surface area contributed by atoms with E-state index >= 15 is 0 Å². The lowest BCUT2D eigenvalue weighted by Gasteiger charge is -2.36. The zero-order chi connectivity index (χ0) is 18.9. The molecule has 1 N–H and O–H groups in total. The van der Waals surface area contributed by atoms with E-state index in [-0.39, 0.29) is 18.1 Å². The van der Waals surface area contributed by atoms with E-state index in [1.807, 2.05) is 38.1 Å². The van der Waals surface area contributed by atoms with E-state index in [1.54, 1.807) is 12.0 Å². The van der Waals surface area contributed by atoms with Gasteiger partial charge in [0.15, 0.2) is 0 Å². The third-order valence-corrected chi connectivity index (χ3v) is 4.74. The van der Waals surface area contributed by atoms with Gasteiger partial charge in [-0.1, -0.05) is 24.6 Å². The number of ether oxygens (including phenoxy) is 2. The number of rotatable bonds is 9. The molecule has 0 unspecified atom stereocenters. The maximum Gasteiger partial charge on any atom is 0.254 e. The molecule has 1 aliphatic rings. The molecular weight excluding hydrogens is 332 g/mol. The molecule has 0 saturated carbocycles. The van der Waals surface area contributed by atoms with Crippen molar-refractivity contribution in [3.63, 3.8) is 0 Å². The topological polar surface area (TPSA) is 62.2 Å². The molecule has 26 heavy (non-hydrogen) atoms. The number of aryl methyl sites for hydroxylation is 1. The summed E-state index contributed by atoms with van der Waals surface area (Å²) in [5.74, 6) is -0.00336. The number of carbonyl (C=O) groups excluding carboxylic acids is 1. The summed E-state index contributed by atoms with van der Waals surface area (Å²) in [5, 5.41) is 9.89. The highest BCUT2D eigenvalue weighted by molar-refractivity contribution is 5.94. The molecule has 1 amide bonds. The molecule has 1 aromatic carbocycles. The molecule has 146 valence electrons. The summed E-state index contributed by atoms with van der Waals surface area (Å²) in [5.41, 5.74) is 1.81. The number of amides is 1. The van der Waals surface area contributed by atoms with Crippen molar-refractivity contribution >= 4 is 5.91 Å². The summed E-state index contributed by atoms with van der Waals surface area (Å²) in [6, 6.07) is 7.63. The summed E-state index contributed by atoms with van der Waals surface area (Å²) in [6.07, 6.45) is 0.375. The summed E-state index contributed by atoms with van der Waals surface area (Å²) < 4.78 is 11.1. The van der Waals surface area contributed by atoms with Crippen molar-refractivity contribution in [1.82, 2.24) is 9.80 Å². The van der Waals surface area contributed by atoms with Gasteiger partial charge < -0.3 is 19.5 Å². The first kappa shape index (κ1) is 20.8. The summed E-state index contributed by atoms with van der Waals surface area (Å²) in [6.45, 7) is 8.34. The van der Waals surface area contributed by atoms with E-state index in [0.29, 0.717) is 38.4 Å². The molecule has 0 aliphatic carbocycles. The number of hydrogen-bond acceptors (Lipinski definition) is 5. The number of aliphatic hydroxyl groups is 1. The normalized spacial score (nSPS) is 19.3. The Kier molecular flexibility index (Phi) is 8.51. The van der Waals surface area contributed by atoms with Crippen LogP contribution in [0.1, 0.15) is 29.3 Å². The highest BCUT2D eigenvalue weighted by Gasteiger charge is 2.26. The molecule has 0 bridgehead atoms. The number of benzene rings is 1. The Morgan fingerprint density at radius 1 is 1.42 bits per heavy atom. The SMILES string of the molecule is CC[C@H](O)CN1CCO[C@@H](CN(CCOC)C(=O)c2ccc(C)cc2)C1. The van der Waals surface area contributed by atoms with Gasteiger partial charge in [0.25, 0.3) is 5.91 Å². The zero-order valence-corrected chi connectivity index (χ0v) is 16.2. The summed E-state index contributed by atoms with van der Waals surface area (Å²) in [7, 11) is 1.64. The summed E-state index contributed by atoms with van der Waals surface area (Å²) in [4.78, 5) is 16.9. The Morgan fingerprint density at radius 2 is 2.15 bits per heavy atom. The van der Waals surface area contributed by atoms with Crippen LogP contribution in [0.4, 0.5) is 0 Å². The molecule has 0 spiro atoms. The minimum Gasteiger partial charge on any atom is -0.392 e. The number of β-amino-alcohol motifs (C(OH)–C–C–N with tert-alkyl or cyclic N) is 1. The van der Waals surface area contributed by atoms with E-state index in [0.717, 1.165) is 25.1 Å². The molecule has 6 nitrogen and oxygen atoms in total. The molecule has 1 heterocycles. The van der Waals surface area contributed by atoms with Crippen molar-refractivity contribution in [3.05, 3.63) is 35.4 Å². The predicted molar refractivity (Wildman–Crippen MR) is 101 cm³/mol. The Bertz CT molecular complexity index is 549. The largest absolute Gasteiger partial charge is 0.392 e. The van der Waals surface area contributed by atoms with E-state index in [2.05, 4.69) is 4.90 Å². The average Bonchev–Trinajstić information content (AvgIpc) is 2.65. The van der Waals surface area contributed by atoms with Crippen LogP contribution >= 0.6 is 0 Å². The fourth-order valence-electron chi connectivity index (χ4n) is 3.09. The number of methoxy groups -OCH3 is 1. The third kappa shape index (κ3) is 6.36. The van der Waals surface area contributed by atoms with Gasteiger partial charge in [0.05, 0.1) is 25.4 Å². The van der Waals surface area contributed by atoms with Crippen molar-refractivity contribution in [2.45, 2.75) is 32.5 Å². The van der Waals surface area contributed by atoms with Crippen LogP contribution in [0, 0.1) is 6.92 Å². The number of hydrogen-bond donors (Lipinski definition) is 1. The minimum absolute atomic E-state index is 0.00336. The van der Waals surface area contributed by atoms with E-state index in [4.69, 9.17) is 9.47 Å². The fraction of sp³-hybridized carbons (Fsp3) is 0.650. The van der Waals surface area contributed by atoms with Gasteiger partial charge in [-0.3, -0.25) is 9.69 Å². The lowest BCUT2D eigenvalue weighted by Crippen LogP contribution is -2.50. The average molecular weight is 364 g/mol. The zero-order valence-electron chi connectivity index (χ0n) is 16.2. The van der Waals surface area contributed by atoms with Gasteiger partial charge in [-0.15, -0.1) is 0 Å². The number of aliphatic hydroxyl groups excluding tert-OH is 1. The highest BCUT2D eigenvalue weighted by atomic mass is 16.5. The van der Waals surface area contributed by atoms with Gasteiger partial charge in [0.1, 0.15) is 0 Å². The van der Waals surface area contributed by atoms with Crippen LogP contribution in [-0.2, 0) is 9.47 Å². The number of carbonyl (C=O) groups is 1. The second-order valence-electron chi connectivity index (χ2n) is 6.92.